The molecule has 3 aromatic rings. The van der Waals surface area contributed by atoms with E-state index in [2.05, 4.69) is 15.5 Å². The molecule has 0 spiro atoms. The summed E-state index contributed by atoms with van der Waals surface area (Å²) in [7, 11) is 0. The number of nitrogens with zero attached hydrogens (tertiary/aromatic N) is 4. The van der Waals surface area contributed by atoms with Gasteiger partial charge in [0, 0.05) is 10.8 Å². The SMILES string of the molecule is CCOc1ccccc1-n1nnnc1SCc1ccc(F)cc1Cl. The topological polar surface area (TPSA) is 52.8 Å². The number of para-hydroxylation sites is 2. The number of benzene rings is 2. The van der Waals surface area contributed by atoms with Crippen LogP contribution in [0.25, 0.3) is 5.69 Å². The third kappa shape index (κ3) is 3.68. The molecule has 1 aromatic heterocycles. The number of halogens is 2. The van der Waals surface area contributed by atoms with E-state index in [0.29, 0.717) is 28.3 Å². The monoisotopic (exact) mass is 364 g/mol. The third-order valence-electron chi connectivity index (χ3n) is 3.21. The Bertz CT molecular complexity index is 842. The molecule has 5 nitrogen and oxygen atoms in total. The molecule has 0 amide bonds. The van der Waals surface area contributed by atoms with E-state index in [1.54, 1.807) is 10.7 Å². The maximum absolute atomic E-state index is 13.1. The zero-order chi connectivity index (χ0) is 16.9. The lowest BCUT2D eigenvalue weighted by molar-refractivity contribution is 0.337. The van der Waals surface area contributed by atoms with Gasteiger partial charge < -0.3 is 4.74 Å². The molecule has 0 atom stereocenters. The summed E-state index contributed by atoms with van der Waals surface area (Å²) in [6.07, 6.45) is 0. The van der Waals surface area contributed by atoms with Crippen molar-refractivity contribution in [2.75, 3.05) is 6.61 Å². The maximum Gasteiger partial charge on any atom is 0.214 e. The number of thioether (sulfide) groups is 1. The lowest BCUT2D eigenvalue weighted by atomic mass is 10.2. The molecule has 0 aliphatic rings. The van der Waals surface area contributed by atoms with Gasteiger partial charge in [0.15, 0.2) is 0 Å². The Morgan fingerprint density at radius 1 is 1.25 bits per heavy atom. The Morgan fingerprint density at radius 3 is 2.88 bits per heavy atom. The molecule has 2 aromatic carbocycles. The lowest BCUT2D eigenvalue weighted by Crippen LogP contribution is -2.03. The molecule has 0 aliphatic heterocycles. The fourth-order valence-electron chi connectivity index (χ4n) is 2.11. The standard InChI is InChI=1S/C16H14ClFN4OS/c1-2-23-15-6-4-3-5-14(15)22-16(19-20-21-22)24-10-11-7-8-12(18)9-13(11)17/h3-9H,2,10H2,1H3. The normalized spacial score (nSPS) is 10.8. The highest BCUT2D eigenvalue weighted by atomic mass is 35.5. The number of aromatic nitrogens is 4. The number of hydrogen-bond acceptors (Lipinski definition) is 5. The van der Waals surface area contributed by atoms with Gasteiger partial charge in [-0.1, -0.05) is 41.6 Å². The molecule has 3 rings (SSSR count). The predicted octanol–water partition coefficient (Wildman–Crippen LogP) is 4.15. The number of hydrogen-bond donors (Lipinski definition) is 0. The summed E-state index contributed by atoms with van der Waals surface area (Å²) in [6, 6.07) is 11.9. The zero-order valence-corrected chi connectivity index (χ0v) is 14.4. The first-order valence-corrected chi connectivity index (χ1v) is 8.62. The van der Waals surface area contributed by atoms with Crippen molar-refractivity contribution in [2.45, 2.75) is 17.8 Å². The summed E-state index contributed by atoms with van der Waals surface area (Å²) in [4.78, 5) is 0. The summed E-state index contributed by atoms with van der Waals surface area (Å²) in [5.74, 6) is 0.870. The van der Waals surface area contributed by atoms with E-state index in [-0.39, 0.29) is 5.82 Å². The minimum Gasteiger partial charge on any atom is -0.492 e. The molecule has 124 valence electrons. The Morgan fingerprint density at radius 2 is 2.08 bits per heavy atom. The van der Waals surface area contributed by atoms with Crippen LogP contribution in [0.15, 0.2) is 47.6 Å². The highest BCUT2D eigenvalue weighted by molar-refractivity contribution is 7.98. The molecule has 24 heavy (non-hydrogen) atoms. The number of rotatable bonds is 6. The molecule has 1 heterocycles. The van der Waals surface area contributed by atoms with Gasteiger partial charge in [0.05, 0.1) is 6.61 Å². The molecule has 0 fully saturated rings. The van der Waals surface area contributed by atoms with E-state index < -0.39 is 0 Å². The molecule has 0 saturated heterocycles. The highest BCUT2D eigenvalue weighted by Crippen LogP contribution is 2.29. The van der Waals surface area contributed by atoms with Crippen LogP contribution in [-0.4, -0.2) is 26.8 Å². The lowest BCUT2D eigenvalue weighted by Gasteiger charge is -2.10. The van der Waals surface area contributed by atoms with Gasteiger partial charge in [-0.25, -0.2) is 4.39 Å². The minimum absolute atomic E-state index is 0.357. The Balaban J connectivity index is 1.83. The summed E-state index contributed by atoms with van der Waals surface area (Å²) < 4.78 is 20.4. The van der Waals surface area contributed by atoms with Gasteiger partial charge in [0.1, 0.15) is 17.3 Å². The van der Waals surface area contributed by atoms with Crippen molar-refractivity contribution >= 4 is 23.4 Å². The maximum atomic E-state index is 13.1. The molecule has 0 saturated carbocycles. The van der Waals surface area contributed by atoms with Crippen LogP contribution < -0.4 is 4.74 Å². The Hall–Kier alpha value is -2.12. The van der Waals surface area contributed by atoms with E-state index >= 15 is 0 Å². The first-order valence-electron chi connectivity index (χ1n) is 7.26. The summed E-state index contributed by atoms with van der Waals surface area (Å²) in [6.45, 7) is 2.47. The quantitative estimate of drug-likeness (QED) is 0.615. The van der Waals surface area contributed by atoms with Crippen LogP contribution >= 0.6 is 23.4 Å². The van der Waals surface area contributed by atoms with E-state index in [9.17, 15) is 4.39 Å². The van der Waals surface area contributed by atoms with Crippen LogP contribution in [0.4, 0.5) is 4.39 Å². The van der Waals surface area contributed by atoms with Crippen molar-refractivity contribution in [3.63, 3.8) is 0 Å². The Labute approximate surface area is 147 Å². The van der Waals surface area contributed by atoms with Gasteiger partial charge in [0.2, 0.25) is 5.16 Å². The molecule has 0 unspecified atom stereocenters. The molecule has 0 radical (unpaired) electrons. The number of ether oxygens (including phenoxy) is 1. The van der Waals surface area contributed by atoms with Gasteiger partial charge in [-0.05, 0) is 47.2 Å². The summed E-state index contributed by atoms with van der Waals surface area (Å²) >= 11 is 7.47. The molecule has 0 N–H and O–H groups in total. The van der Waals surface area contributed by atoms with Crippen molar-refractivity contribution < 1.29 is 9.13 Å². The van der Waals surface area contributed by atoms with Crippen molar-refractivity contribution in [2.24, 2.45) is 0 Å². The zero-order valence-electron chi connectivity index (χ0n) is 12.8. The van der Waals surface area contributed by atoms with Crippen LogP contribution in [0.2, 0.25) is 5.02 Å². The van der Waals surface area contributed by atoms with Crippen LogP contribution in [0.3, 0.4) is 0 Å². The molecule has 0 aliphatic carbocycles. The minimum atomic E-state index is -0.357. The average Bonchev–Trinajstić information content (AvgIpc) is 3.03. The Kier molecular flexibility index (Phi) is 5.32. The van der Waals surface area contributed by atoms with Crippen molar-refractivity contribution in [1.82, 2.24) is 20.2 Å². The van der Waals surface area contributed by atoms with Crippen molar-refractivity contribution in [3.8, 4) is 11.4 Å². The average molecular weight is 365 g/mol. The van der Waals surface area contributed by atoms with Crippen LogP contribution in [0.1, 0.15) is 12.5 Å². The fraction of sp³-hybridized carbons (Fsp3) is 0.188. The highest BCUT2D eigenvalue weighted by Gasteiger charge is 2.14. The van der Waals surface area contributed by atoms with Gasteiger partial charge >= 0.3 is 0 Å². The van der Waals surface area contributed by atoms with Gasteiger partial charge in [0.25, 0.3) is 0 Å². The van der Waals surface area contributed by atoms with Crippen molar-refractivity contribution in [3.05, 3.63) is 58.9 Å². The van der Waals surface area contributed by atoms with Crippen LogP contribution in [0, 0.1) is 5.82 Å². The van der Waals surface area contributed by atoms with Crippen LogP contribution in [-0.2, 0) is 5.75 Å². The number of tetrazole rings is 1. The predicted molar refractivity (Wildman–Crippen MR) is 91.3 cm³/mol. The van der Waals surface area contributed by atoms with E-state index in [1.807, 2.05) is 31.2 Å². The summed E-state index contributed by atoms with van der Waals surface area (Å²) in [5, 5.41) is 12.8. The van der Waals surface area contributed by atoms with Gasteiger partial charge in [-0.15, -0.1) is 5.10 Å². The second-order valence-corrected chi connectivity index (χ2v) is 6.15. The van der Waals surface area contributed by atoms with Crippen LogP contribution in [0.5, 0.6) is 5.75 Å². The summed E-state index contributed by atoms with van der Waals surface area (Å²) in [5.41, 5.74) is 1.58. The van der Waals surface area contributed by atoms with Gasteiger partial charge in [-0.2, -0.15) is 4.68 Å². The first kappa shape index (κ1) is 16.7. The van der Waals surface area contributed by atoms with E-state index in [4.69, 9.17) is 16.3 Å². The smallest absolute Gasteiger partial charge is 0.214 e. The largest absolute Gasteiger partial charge is 0.492 e. The molecular formula is C16H14ClFN4OS. The first-order chi connectivity index (χ1) is 11.7. The molecule has 0 bridgehead atoms. The second-order valence-electron chi connectivity index (χ2n) is 4.80. The molecule has 8 heteroatoms. The second kappa shape index (κ2) is 7.63. The van der Waals surface area contributed by atoms with E-state index in [1.165, 1.54) is 23.9 Å². The van der Waals surface area contributed by atoms with E-state index in [0.717, 1.165) is 11.3 Å². The third-order valence-corrected chi connectivity index (χ3v) is 4.53. The molecular weight excluding hydrogens is 351 g/mol. The fourth-order valence-corrected chi connectivity index (χ4v) is 3.31. The van der Waals surface area contributed by atoms with Gasteiger partial charge in [-0.3, -0.25) is 0 Å². The van der Waals surface area contributed by atoms with Crippen molar-refractivity contribution in [1.29, 1.82) is 0 Å².